The number of fused-ring (bicyclic) bond motifs is 2. The third-order valence-corrected chi connectivity index (χ3v) is 6.29. The Hall–Kier alpha value is -2.15. The zero-order valence-electron chi connectivity index (χ0n) is 18.1. The molecule has 0 bridgehead atoms. The van der Waals surface area contributed by atoms with Crippen molar-refractivity contribution in [1.82, 2.24) is 0 Å². The van der Waals surface area contributed by atoms with Gasteiger partial charge in [0.15, 0.2) is 5.69 Å². The van der Waals surface area contributed by atoms with Crippen LogP contribution in [0.15, 0.2) is 36.4 Å². The van der Waals surface area contributed by atoms with Crippen LogP contribution in [0.3, 0.4) is 0 Å². The lowest BCUT2D eigenvalue weighted by molar-refractivity contribution is -0.665. The molecule has 2 aromatic carbocycles. The second-order valence-electron chi connectivity index (χ2n) is 10.2. The van der Waals surface area contributed by atoms with E-state index in [4.69, 9.17) is 0 Å². The Balaban J connectivity index is 2.18. The summed E-state index contributed by atoms with van der Waals surface area (Å²) >= 11 is 0. The zero-order valence-corrected chi connectivity index (χ0v) is 18.1. The van der Waals surface area contributed by atoms with Gasteiger partial charge < -0.3 is 0 Å². The molecular formula is C26H32N+. The molecule has 3 aromatic rings. The molecule has 1 aliphatic carbocycles. The van der Waals surface area contributed by atoms with E-state index < -0.39 is 0 Å². The summed E-state index contributed by atoms with van der Waals surface area (Å²) < 4.78 is 2.39. The number of rotatable bonds is 1. The predicted octanol–water partition coefficient (Wildman–Crippen LogP) is 6.18. The molecule has 1 heterocycles. The SMILES string of the molecule is Cc1cccc2c1-c1c3c(cc(CC(C)(C)C)cc3cc(C)[n+]1C)C2(C)C. The first-order valence-electron chi connectivity index (χ1n) is 10.1. The Labute approximate surface area is 164 Å². The van der Waals surface area contributed by atoms with Crippen molar-refractivity contribution in [2.45, 2.75) is 60.3 Å². The van der Waals surface area contributed by atoms with Gasteiger partial charge in [-0.15, -0.1) is 0 Å². The van der Waals surface area contributed by atoms with Gasteiger partial charge in [-0.05, 0) is 46.4 Å². The van der Waals surface area contributed by atoms with Crippen LogP contribution in [0.25, 0.3) is 22.0 Å². The third kappa shape index (κ3) is 2.71. The van der Waals surface area contributed by atoms with Crippen LogP contribution in [0.4, 0.5) is 0 Å². The van der Waals surface area contributed by atoms with Crippen molar-refractivity contribution in [2.24, 2.45) is 12.5 Å². The molecule has 0 spiro atoms. The molecule has 1 aromatic heterocycles. The Kier molecular flexibility index (Phi) is 3.83. The molecule has 1 nitrogen and oxygen atoms in total. The molecule has 27 heavy (non-hydrogen) atoms. The highest BCUT2D eigenvalue weighted by Crippen LogP contribution is 2.49. The monoisotopic (exact) mass is 358 g/mol. The lowest BCUT2D eigenvalue weighted by atomic mass is 9.68. The summed E-state index contributed by atoms with van der Waals surface area (Å²) in [5.41, 5.74) is 10.2. The summed E-state index contributed by atoms with van der Waals surface area (Å²) in [6, 6.07) is 14.1. The van der Waals surface area contributed by atoms with Crippen LogP contribution in [0.5, 0.6) is 0 Å². The van der Waals surface area contributed by atoms with Crippen LogP contribution in [0, 0.1) is 19.3 Å². The summed E-state index contributed by atoms with van der Waals surface area (Å²) in [5, 5.41) is 2.83. The second-order valence-corrected chi connectivity index (χ2v) is 10.2. The fourth-order valence-electron chi connectivity index (χ4n) is 4.92. The Morgan fingerprint density at radius 1 is 0.963 bits per heavy atom. The molecule has 140 valence electrons. The standard InChI is InChI=1S/C26H32N/c1-16-10-9-11-20-22(16)24-23-19(12-17(2)27(24)8)13-18(15-25(3,4)5)14-21(23)26(20,6)7/h9-14H,15H2,1-8H3/q+1. The minimum Gasteiger partial charge on any atom is -0.198 e. The van der Waals surface area contributed by atoms with Gasteiger partial charge in [-0.1, -0.05) is 65.0 Å². The number of hydrogen-bond acceptors (Lipinski definition) is 0. The van der Waals surface area contributed by atoms with Crippen LogP contribution in [0.1, 0.15) is 62.6 Å². The summed E-state index contributed by atoms with van der Waals surface area (Å²) in [7, 11) is 2.21. The van der Waals surface area contributed by atoms with Crippen molar-refractivity contribution < 1.29 is 4.57 Å². The predicted molar refractivity (Wildman–Crippen MR) is 115 cm³/mol. The highest BCUT2D eigenvalue weighted by Gasteiger charge is 2.39. The van der Waals surface area contributed by atoms with E-state index >= 15 is 0 Å². The highest BCUT2D eigenvalue weighted by atomic mass is 14.9. The van der Waals surface area contributed by atoms with Crippen LogP contribution >= 0.6 is 0 Å². The fraction of sp³-hybridized carbons (Fsp3) is 0.423. The minimum absolute atomic E-state index is 0.00273. The number of aromatic nitrogens is 1. The van der Waals surface area contributed by atoms with Gasteiger partial charge in [0.05, 0.1) is 10.9 Å². The van der Waals surface area contributed by atoms with Crippen molar-refractivity contribution in [3.63, 3.8) is 0 Å². The van der Waals surface area contributed by atoms with E-state index in [2.05, 4.69) is 96.5 Å². The third-order valence-electron chi connectivity index (χ3n) is 6.29. The lowest BCUT2D eigenvalue weighted by Crippen LogP contribution is -2.38. The Morgan fingerprint density at radius 2 is 1.67 bits per heavy atom. The molecule has 0 saturated heterocycles. The molecule has 0 amide bonds. The maximum Gasteiger partial charge on any atom is 0.221 e. The van der Waals surface area contributed by atoms with Gasteiger partial charge in [-0.2, -0.15) is 4.57 Å². The van der Waals surface area contributed by atoms with Gasteiger partial charge in [-0.25, -0.2) is 0 Å². The molecule has 1 aliphatic rings. The first kappa shape index (κ1) is 18.2. The van der Waals surface area contributed by atoms with Crippen molar-refractivity contribution in [1.29, 1.82) is 0 Å². The van der Waals surface area contributed by atoms with E-state index in [1.54, 1.807) is 0 Å². The molecule has 4 rings (SSSR count). The number of pyridine rings is 1. The molecule has 0 radical (unpaired) electrons. The summed E-state index contributed by atoms with van der Waals surface area (Å²) in [4.78, 5) is 0. The number of nitrogens with zero attached hydrogens (tertiary/aromatic N) is 1. The summed E-state index contributed by atoms with van der Waals surface area (Å²) in [6.07, 6.45) is 1.10. The van der Waals surface area contributed by atoms with E-state index in [9.17, 15) is 0 Å². The summed E-state index contributed by atoms with van der Waals surface area (Å²) in [5.74, 6) is 0. The molecular weight excluding hydrogens is 326 g/mol. The number of aryl methyl sites for hydroxylation is 2. The van der Waals surface area contributed by atoms with E-state index in [0.29, 0.717) is 0 Å². The minimum atomic E-state index is 0.00273. The second kappa shape index (κ2) is 5.67. The van der Waals surface area contributed by atoms with Crippen molar-refractivity contribution in [2.75, 3.05) is 0 Å². The van der Waals surface area contributed by atoms with Crippen LogP contribution < -0.4 is 4.57 Å². The largest absolute Gasteiger partial charge is 0.221 e. The Morgan fingerprint density at radius 3 is 2.33 bits per heavy atom. The lowest BCUT2D eigenvalue weighted by Gasteiger charge is -2.35. The molecule has 0 atom stereocenters. The van der Waals surface area contributed by atoms with Crippen LogP contribution in [-0.2, 0) is 18.9 Å². The maximum absolute atomic E-state index is 2.48. The van der Waals surface area contributed by atoms with E-state index in [1.165, 1.54) is 50.0 Å². The molecule has 1 heteroatoms. The number of hydrogen-bond donors (Lipinski definition) is 0. The first-order valence-corrected chi connectivity index (χ1v) is 10.1. The van der Waals surface area contributed by atoms with Gasteiger partial charge in [0.2, 0.25) is 5.69 Å². The average Bonchev–Trinajstić information content (AvgIpc) is 2.54. The van der Waals surface area contributed by atoms with Crippen molar-refractivity contribution in [3.8, 4) is 11.3 Å². The zero-order chi connectivity index (χ0) is 19.7. The van der Waals surface area contributed by atoms with Gasteiger partial charge in [0.25, 0.3) is 0 Å². The average molecular weight is 359 g/mol. The maximum atomic E-state index is 2.48. The highest BCUT2D eigenvalue weighted by molar-refractivity contribution is 6.01. The Bertz CT molecular complexity index is 1080. The number of benzene rings is 2. The van der Waals surface area contributed by atoms with E-state index in [0.717, 1.165) is 6.42 Å². The molecule has 0 unspecified atom stereocenters. The quantitative estimate of drug-likeness (QED) is 0.458. The van der Waals surface area contributed by atoms with Crippen molar-refractivity contribution in [3.05, 3.63) is 64.3 Å². The van der Waals surface area contributed by atoms with Gasteiger partial charge in [-0.3, -0.25) is 0 Å². The molecule has 0 N–H and O–H groups in total. The van der Waals surface area contributed by atoms with Gasteiger partial charge >= 0.3 is 0 Å². The smallest absolute Gasteiger partial charge is 0.198 e. The van der Waals surface area contributed by atoms with Crippen LogP contribution in [0.2, 0.25) is 0 Å². The van der Waals surface area contributed by atoms with Gasteiger partial charge in [0, 0.05) is 18.4 Å². The van der Waals surface area contributed by atoms with Crippen molar-refractivity contribution >= 4 is 10.8 Å². The molecule has 0 aliphatic heterocycles. The van der Waals surface area contributed by atoms with E-state index in [-0.39, 0.29) is 10.8 Å². The summed E-state index contributed by atoms with van der Waals surface area (Å²) in [6.45, 7) is 16.2. The first-order chi connectivity index (χ1) is 12.5. The normalized spacial score (nSPS) is 15.1. The molecule has 0 saturated carbocycles. The van der Waals surface area contributed by atoms with E-state index in [1.807, 2.05) is 0 Å². The van der Waals surface area contributed by atoms with Crippen LogP contribution in [-0.4, -0.2) is 0 Å². The van der Waals surface area contributed by atoms with Gasteiger partial charge in [0.1, 0.15) is 7.05 Å². The topological polar surface area (TPSA) is 3.88 Å². The fourth-order valence-corrected chi connectivity index (χ4v) is 4.92. The molecule has 0 fully saturated rings.